The van der Waals surface area contributed by atoms with E-state index in [1.165, 1.54) is 20.8 Å². The number of rotatable bonds is 3. The molecule has 1 fully saturated rings. The lowest BCUT2D eigenvalue weighted by Crippen LogP contribution is -2.60. The third-order valence-electron chi connectivity index (χ3n) is 3.61. The van der Waals surface area contributed by atoms with E-state index in [-0.39, 0.29) is 6.42 Å². The van der Waals surface area contributed by atoms with Gasteiger partial charge in [0.05, 0.1) is 18.9 Å². The zero-order chi connectivity index (χ0) is 15.9. The fourth-order valence-corrected chi connectivity index (χ4v) is 3.32. The maximum Gasteiger partial charge on any atom is 0.408 e. The summed E-state index contributed by atoms with van der Waals surface area (Å²) in [5.74, 6) is 0. The quantitative estimate of drug-likeness (QED) is 0.802. The highest BCUT2D eigenvalue weighted by atomic mass is 32.2. The van der Waals surface area contributed by atoms with E-state index >= 15 is 0 Å². The van der Waals surface area contributed by atoms with E-state index in [0.717, 1.165) is 6.26 Å². The molecule has 9 heteroatoms. The van der Waals surface area contributed by atoms with Crippen molar-refractivity contribution in [2.24, 2.45) is 5.41 Å². The second-order valence-corrected chi connectivity index (χ2v) is 7.60. The molecule has 1 N–H and O–H groups in total. The van der Waals surface area contributed by atoms with Gasteiger partial charge in [0.25, 0.3) is 16.5 Å². The van der Waals surface area contributed by atoms with Crippen LogP contribution in [0.5, 0.6) is 0 Å². The Balaban J connectivity index is 3.24. The van der Waals surface area contributed by atoms with Crippen LogP contribution in [0.1, 0.15) is 27.2 Å². The second kappa shape index (κ2) is 5.10. The lowest BCUT2D eigenvalue weighted by Gasteiger charge is -2.45. The lowest BCUT2D eigenvalue weighted by molar-refractivity contribution is -0.0851. The van der Waals surface area contributed by atoms with Crippen LogP contribution in [0.15, 0.2) is 0 Å². The monoisotopic (exact) mass is 315 g/mol. The van der Waals surface area contributed by atoms with Crippen LogP contribution >= 0.6 is 0 Å². The summed E-state index contributed by atoms with van der Waals surface area (Å²) in [6.45, 7) is 4.10. The Hall–Kier alpha value is -0.960. The standard InChI is InChI=1S/C11H19F2NO5S/c1-10(2,3)11(8(12)13)5-7(19-20(4,17)18)6-14(11)9(15)16/h7-8H,5-6H2,1-4H3,(H,15,16)/t7-,11+/m0/s1. The molecule has 0 spiro atoms. The highest BCUT2D eigenvalue weighted by molar-refractivity contribution is 7.86. The number of carbonyl (C=O) groups is 1. The van der Waals surface area contributed by atoms with E-state index in [1.807, 2.05) is 0 Å². The summed E-state index contributed by atoms with van der Waals surface area (Å²) >= 11 is 0. The fraction of sp³-hybridized carbons (Fsp3) is 0.909. The van der Waals surface area contributed by atoms with E-state index in [1.54, 1.807) is 0 Å². The van der Waals surface area contributed by atoms with Crippen molar-refractivity contribution in [2.75, 3.05) is 12.8 Å². The third kappa shape index (κ3) is 3.03. The molecule has 1 amide bonds. The van der Waals surface area contributed by atoms with Crippen LogP contribution in [0.2, 0.25) is 0 Å². The summed E-state index contributed by atoms with van der Waals surface area (Å²) in [5, 5.41) is 9.16. The van der Waals surface area contributed by atoms with Crippen molar-refractivity contribution in [2.45, 2.75) is 45.3 Å². The van der Waals surface area contributed by atoms with E-state index < -0.39 is 46.2 Å². The molecule has 1 rings (SSSR count). The van der Waals surface area contributed by atoms with Gasteiger partial charge in [0, 0.05) is 6.42 Å². The Bertz CT molecular complexity index is 488. The van der Waals surface area contributed by atoms with Crippen LogP contribution in [-0.4, -0.2) is 55.4 Å². The fourth-order valence-electron chi connectivity index (χ4n) is 2.69. The molecule has 0 unspecified atom stereocenters. The molecule has 1 heterocycles. The summed E-state index contributed by atoms with van der Waals surface area (Å²) in [6, 6.07) is 0. The van der Waals surface area contributed by atoms with Crippen molar-refractivity contribution >= 4 is 16.2 Å². The first-order valence-corrected chi connectivity index (χ1v) is 7.80. The smallest absolute Gasteiger partial charge is 0.408 e. The molecule has 118 valence electrons. The molecule has 2 atom stereocenters. The molecule has 1 aliphatic rings. The van der Waals surface area contributed by atoms with Crippen LogP contribution in [-0.2, 0) is 14.3 Å². The van der Waals surface area contributed by atoms with E-state index in [2.05, 4.69) is 0 Å². The Kier molecular flexibility index (Phi) is 4.36. The van der Waals surface area contributed by atoms with Crippen molar-refractivity contribution in [1.82, 2.24) is 4.90 Å². The van der Waals surface area contributed by atoms with Gasteiger partial charge in [0.15, 0.2) is 0 Å². The van der Waals surface area contributed by atoms with Gasteiger partial charge in [-0.25, -0.2) is 13.6 Å². The number of amides is 1. The minimum absolute atomic E-state index is 0.368. The van der Waals surface area contributed by atoms with Crippen LogP contribution in [0.25, 0.3) is 0 Å². The molecule has 0 radical (unpaired) electrons. The molecule has 20 heavy (non-hydrogen) atoms. The van der Waals surface area contributed by atoms with Gasteiger partial charge >= 0.3 is 6.09 Å². The summed E-state index contributed by atoms with van der Waals surface area (Å²) < 4.78 is 54.1. The summed E-state index contributed by atoms with van der Waals surface area (Å²) in [5.41, 5.74) is -3.05. The Morgan fingerprint density at radius 2 is 1.95 bits per heavy atom. The van der Waals surface area contributed by atoms with Gasteiger partial charge in [-0.1, -0.05) is 20.8 Å². The van der Waals surface area contributed by atoms with Gasteiger partial charge in [0.2, 0.25) is 0 Å². The molecule has 0 aromatic rings. The van der Waals surface area contributed by atoms with Crippen molar-refractivity contribution in [3.05, 3.63) is 0 Å². The second-order valence-electron chi connectivity index (χ2n) is 5.99. The average Bonchev–Trinajstić information content (AvgIpc) is 2.54. The Morgan fingerprint density at radius 1 is 1.45 bits per heavy atom. The molecule has 0 saturated carbocycles. The first kappa shape index (κ1) is 17.1. The van der Waals surface area contributed by atoms with Crippen molar-refractivity contribution in [3.8, 4) is 0 Å². The van der Waals surface area contributed by atoms with Crippen LogP contribution in [0, 0.1) is 5.41 Å². The van der Waals surface area contributed by atoms with Crippen LogP contribution < -0.4 is 0 Å². The highest BCUT2D eigenvalue weighted by Gasteiger charge is 2.61. The third-order valence-corrected chi connectivity index (χ3v) is 4.23. The van der Waals surface area contributed by atoms with Gasteiger partial charge in [-0.15, -0.1) is 0 Å². The molecule has 0 aromatic heterocycles. The highest BCUT2D eigenvalue weighted by Crippen LogP contribution is 2.48. The summed E-state index contributed by atoms with van der Waals surface area (Å²) in [6.07, 6.45) is -5.13. The maximum atomic E-state index is 13.6. The molecule has 0 aliphatic carbocycles. The number of halogens is 2. The normalized spacial score (nSPS) is 28.1. The predicted octanol–water partition coefficient (Wildman–Crippen LogP) is 1.76. The zero-order valence-electron chi connectivity index (χ0n) is 11.8. The van der Waals surface area contributed by atoms with Gasteiger partial charge in [-0.2, -0.15) is 8.42 Å². The van der Waals surface area contributed by atoms with Gasteiger partial charge < -0.3 is 5.11 Å². The molecule has 6 nitrogen and oxygen atoms in total. The van der Waals surface area contributed by atoms with Gasteiger partial charge in [0.1, 0.15) is 5.54 Å². The molecule has 0 aromatic carbocycles. The Labute approximate surface area is 116 Å². The number of likely N-dealkylation sites (tertiary alicyclic amines) is 1. The summed E-state index contributed by atoms with van der Waals surface area (Å²) in [7, 11) is -3.84. The first-order valence-electron chi connectivity index (χ1n) is 5.98. The Morgan fingerprint density at radius 3 is 2.20 bits per heavy atom. The van der Waals surface area contributed by atoms with E-state index in [9.17, 15) is 22.0 Å². The van der Waals surface area contributed by atoms with Gasteiger partial charge in [-0.05, 0) is 5.41 Å². The maximum absolute atomic E-state index is 13.6. The minimum atomic E-state index is -3.84. The van der Waals surface area contributed by atoms with Crippen LogP contribution in [0.3, 0.4) is 0 Å². The van der Waals surface area contributed by atoms with Crippen LogP contribution in [0.4, 0.5) is 13.6 Å². The SMILES string of the molecule is CC(C)(C)[C@]1(C(F)F)C[C@H](OS(C)(=O)=O)CN1C(=O)O. The van der Waals surface area contributed by atoms with Gasteiger partial charge in [-0.3, -0.25) is 9.08 Å². The number of hydrogen-bond donors (Lipinski definition) is 1. The first-order chi connectivity index (χ1) is 8.81. The number of nitrogens with zero attached hydrogens (tertiary/aromatic N) is 1. The number of hydrogen-bond acceptors (Lipinski definition) is 4. The van der Waals surface area contributed by atoms with Crippen molar-refractivity contribution in [1.29, 1.82) is 0 Å². The lowest BCUT2D eigenvalue weighted by atomic mass is 9.71. The number of alkyl halides is 2. The molecule has 0 bridgehead atoms. The van der Waals surface area contributed by atoms with Crippen molar-refractivity contribution < 1.29 is 31.3 Å². The van der Waals surface area contributed by atoms with E-state index in [4.69, 9.17) is 9.29 Å². The number of carboxylic acid groups (broad SMARTS) is 1. The zero-order valence-corrected chi connectivity index (χ0v) is 12.6. The molecule has 1 saturated heterocycles. The molecule has 1 aliphatic heterocycles. The average molecular weight is 315 g/mol. The molecular formula is C11H19F2NO5S. The topological polar surface area (TPSA) is 83.9 Å². The van der Waals surface area contributed by atoms with Crippen molar-refractivity contribution in [3.63, 3.8) is 0 Å². The summed E-state index contributed by atoms with van der Waals surface area (Å²) in [4.78, 5) is 11.9. The minimum Gasteiger partial charge on any atom is -0.465 e. The van der Waals surface area contributed by atoms with E-state index in [0.29, 0.717) is 4.90 Å². The largest absolute Gasteiger partial charge is 0.465 e. The molecular weight excluding hydrogens is 296 g/mol. The predicted molar refractivity (Wildman–Crippen MR) is 67.3 cm³/mol.